The maximum absolute atomic E-state index is 7.23. The van der Waals surface area contributed by atoms with Gasteiger partial charge < -0.3 is 5.73 Å². The lowest BCUT2D eigenvalue weighted by Gasteiger charge is -2.61. The highest BCUT2D eigenvalue weighted by Gasteiger charge is 2.62. The van der Waals surface area contributed by atoms with Crippen molar-refractivity contribution < 1.29 is 0 Å². The zero-order chi connectivity index (χ0) is 16.8. The fraction of sp³-hybridized carbons (Fsp3) is 0.765. The summed E-state index contributed by atoms with van der Waals surface area (Å²) >= 11 is 0. The molecule has 0 fully saturated rings. The molecular formula is C17H37NSi2. The minimum Gasteiger partial charge on any atom is -0.326 e. The number of nitrogens with two attached hydrogens (primary N) is 1. The van der Waals surface area contributed by atoms with Crippen LogP contribution in [-0.2, 0) is 0 Å². The predicted molar refractivity (Wildman–Crippen MR) is 101 cm³/mol. The van der Waals surface area contributed by atoms with E-state index in [1.165, 1.54) is 0 Å². The van der Waals surface area contributed by atoms with Gasteiger partial charge in [-0.05, 0) is 15.6 Å². The van der Waals surface area contributed by atoms with Crippen LogP contribution in [0.25, 0.3) is 0 Å². The standard InChI is InChI=1S/C17H37NSi2/c1-13-14(2)17(18,19(9,10)15(3,4)5)20(11,12)16(6,7)8/h13H,1-2,18H2,3-12H3. The van der Waals surface area contributed by atoms with Crippen LogP contribution in [0, 0.1) is 0 Å². The first-order chi connectivity index (χ1) is 8.48. The molecule has 2 N–H and O–H groups in total. The zero-order valence-corrected chi connectivity index (χ0v) is 17.6. The maximum Gasteiger partial charge on any atom is 0.0773 e. The zero-order valence-electron chi connectivity index (χ0n) is 15.6. The summed E-state index contributed by atoms with van der Waals surface area (Å²) in [5.74, 6) is 0. The first kappa shape index (κ1) is 19.9. The van der Waals surface area contributed by atoms with Crippen molar-refractivity contribution in [2.75, 3.05) is 0 Å². The third-order valence-corrected chi connectivity index (χ3v) is 22.3. The average molecular weight is 312 g/mol. The van der Waals surface area contributed by atoms with Crippen molar-refractivity contribution in [2.45, 2.75) is 82.6 Å². The first-order valence-corrected chi connectivity index (χ1v) is 13.6. The molecule has 0 aliphatic heterocycles. The van der Waals surface area contributed by atoms with Crippen molar-refractivity contribution >= 4 is 16.1 Å². The lowest BCUT2D eigenvalue weighted by molar-refractivity contribution is 0.639. The highest BCUT2D eigenvalue weighted by molar-refractivity contribution is 7.03. The molecule has 1 nitrogen and oxygen atoms in total. The Kier molecular flexibility index (Phi) is 5.22. The Morgan fingerprint density at radius 2 is 1.10 bits per heavy atom. The van der Waals surface area contributed by atoms with E-state index < -0.39 is 16.1 Å². The summed E-state index contributed by atoms with van der Waals surface area (Å²) in [7, 11) is -3.64. The SMILES string of the molecule is C=CC(=C)C(N)([Si](C)(C)C(C)(C)C)[Si](C)(C)C(C)(C)C. The molecule has 0 aromatic heterocycles. The van der Waals surface area contributed by atoms with E-state index in [9.17, 15) is 0 Å². The van der Waals surface area contributed by atoms with E-state index in [4.69, 9.17) is 5.73 Å². The van der Waals surface area contributed by atoms with E-state index in [-0.39, 0.29) is 14.9 Å². The van der Waals surface area contributed by atoms with Crippen LogP contribution in [-0.4, -0.2) is 20.9 Å². The van der Waals surface area contributed by atoms with Gasteiger partial charge in [-0.2, -0.15) is 0 Å². The fourth-order valence-electron chi connectivity index (χ4n) is 2.93. The molecule has 0 saturated heterocycles. The van der Waals surface area contributed by atoms with Gasteiger partial charge in [-0.1, -0.05) is 87.0 Å². The molecule has 0 radical (unpaired) electrons. The van der Waals surface area contributed by atoms with Gasteiger partial charge in [-0.15, -0.1) is 0 Å². The van der Waals surface area contributed by atoms with Crippen LogP contribution in [0.5, 0.6) is 0 Å². The monoisotopic (exact) mass is 311 g/mol. The second kappa shape index (κ2) is 5.25. The Bertz CT molecular complexity index is 366. The van der Waals surface area contributed by atoms with Crippen LogP contribution in [0.15, 0.2) is 24.8 Å². The summed E-state index contributed by atoms with van der Waals surface area (Å²) in [6.07, 6.45) is 1.90. The largest absolute Gasteiger partial charge is 0.326 e. The molecule has 0 saturated carbocycles. The van der Waals surface area contributed by atoms with E-state index in [1.54, 1.807) is 0 Å². The molecule has 0 bridgehead atoms. The highest BCUT2D eigenvalue weighted by Crippen LogP contribution is 2.53. The predicted octanol–water partition coefficient (Wildman–Crippen LogP) is 5.52. The van der Waals surface area contributed by atoms with Crippen molar-refractivity contribution in [3.8, 4) is 0 Å². The van der Waals surface area contributed by atoms with Crippen molar-refractivity contribution in [3.63, 3.8) is 0 Å². The van der Waals surface area contributed by atoms with E-state index in [1.807, 2.05) is 6.08 Å². The van der Waals surface area contributed by atoms with Crippen LogP contribution in [0.3, 0.4) is 0 Å². The van der Waals surface area contributed by atoms with Gasteiger partial charge in [0.05, 0.1) is 16.1 Å². The van der Waals surface area contributed by atoms with Crippen molar-refractivity contribution in [2.24, 2.45) is 5.73 Å². The van der Waals surface area contributed by atoms with Crippen LogP contribution in [0.1, 0.15) is 41.5 Å². The first-order valence-electron chi connectivity index (χ1n) is 7.59. The van der Waals surface area contributed by atoms with E-state index in [2.05, 4.69) is 80.9 Å². The lowest BCUT2D eigenvalue weighted by Crippen LogP contribution is -2.79. The van der Waals surface area contributed by atoms with E-state index in [0.717, 1.165) is 5.57 Å². The summed E-state index contributed by atoms with van der Waals surface area (Å²) in [6, 6.07) is 0. The smallest absolute Gasteiger partial charge is 0.0773 e. The van der Waals surface area contributed by atoms with Crippen LogP contribution >= 0.6 is 0 Å². The minimum absolute atomic E-state index is 0.225. The van der Waals surface area contributed by atoms with Crippen molar-refractivity contribution in [3.05, 3.63) is 24.8 Å². The quantitative estimate of drug-likeness (QED) is 0.537. The second-order valence-electron chi connectivity index (χ2n) is 9.29. The van der Waals surface area contributed by atoms with Gasteiger partial charge in [-0.3, -0.25) is 0 Å². The van der Waals surface area contributed by atoms with Gasteiger partial charge in [0.2, 0.25) is 0 Å². The molecule has 0 aliphatic carbocycles. The Labute approximate surface area is 129 Å². The summed E-state index contributed by atoms with van der Waals surface area (Å²) in [4.78, 5) is -0.266. The van der Waals surface area contributed by atoms with Gasteiger partial charge >= 0.3 is 0 Å². The van der Waals surface area contributed by atoms with Crippen LogP contribution in [0.2, 0.25) is 36.3 Å². The Hall–Kier alpha value is -0.126. The molecule has 0 spiro atoms. The van der Waals surface area contributed by atoms with E-state index >= 15 is 0 Å². The Morgan fingerprint density at radius 1 is 0.850 bits per heavy atom. The minimum atomic E-state index is -1.82. The second-order valence-corrected chi connectivity index (χ2v) is 20.9. The number of hydrogen-bond donors (Lipinski definition) is 1. The molecule has 0 aromatic rings. The maximum atomic E-state index is 7.23. The van der Waals surface area contributed by atoms with Gasteiger partial charge in [0, 0.05) is 4.79 Å². The summed E-state index contributed by atoms with van der Waals surface area (Å²) in [5, 5.41) is 0.451. The van der Waals surface area contributed by atoms with E-state index in [0.29, 0.717) is 0 Å². The highest BCUT2D eigenvalue weighted by atomic mass is 28.4. The molecule has 0 atom stereocenters. The summed E-state index contributed by atoms with van der Waals surface area (Å²) < 4.78 is 0. The number of hydrogen-bond acceptors (Lipinski definition) is 1. The van der Waals surface area contributed by atoms with Gasteiger partial charge in [0.1, 0.15) is 0 Å². The van der Waals surface area contributed by atoms with Crippen LogP contribution in [0.4, 0.5) is 0 Å². The van der Waals surface area contributed by atoms with Crippen LogP contribution < -0.4 is 5.73 Å². The molecule has 0 aliphatic rings. The average Bonchev–Trinajstić information content (AvgIpc) is 2.23. The molecular weight excluding hydrogens is 274 g/mol. The fourth-order valence-corrected chi connectivity index (χ4v) is 15.6. The normalized spacial score (nSPS) is 15.2. The van der Waals surface area contributed by atoms with Crippen molar-refractivity contribution in [1.29, 1.82) is 0 Å². The molecule has 0 aromatic carbocycles. The Morgan fingerprint density at radius 3 is 1.25 bits per heavy atom. The van der Waals surface area contributed by atoms with Gasteiger partial charge in [-0.25, -0.2) is 0 Å². The van der Waals surface area contributed by atoms with Gasteiger partial charge in [0.15, 0.2) is 0 Å². The third kappa shape index (κ3) is 2.64. The lowest BCUT2D eigenvalue weighted by atomic mass is 10.2. The summed E-state index contributed by atoms with van der Waals surface area (Å²) in [5.41, 5.74) is 8.28. The molecule has 118 valence electrons. The Balaban J connectivity index is 6.47. The molecule has 0 amide bonds. The molecule has 0 rings (SSSR count). The summed E-state index contributed by atoms with van der Waals surface area (Å²) in [6.45, 7) is 32.1. The topological polar surface area (TPSA) is 26.0 Å². The van der Waals surface area contributed by atoms with Crippen molar-refractivity contribution in [1.82, 2.24) is 0 Å². The number of rotatable bonds is 4. The molecule has 3 heteroatoms. The third-order valence-electron chi connectivity index (χ3n) is 6.47. The molecule has 0 heterocycles. The molecule has 0 unspecified atom stereocenters. The molecule has 20 heavy (non-hydrogen) atoms. The van der Waals surface area contributed by atoms with Gasteiger partial charge in [0.25, 0.3) is 0 Å².